The number of amidine groups is 1. The van der Waals surface area contributed by atoms with Gasteiger partial charge in [0.2, 0.25) is 5.91 Å². The average Bonchev–Trinajstić information content (AvgIpc) is 2.34. The summed E-state index contributed by atoms with van der Waals surface area (Å²) >= 11 is 0. The van der Waals surface area contributed by atoms with Gasteiger partial charge < -0.3 is 10.6 Å². The SMILES string of the molecule is CC(=O)NCC1=NCCN1. The molecular weight excluding hydrogens is 130 g/mol. The lowest BCUT2D eigenvalue weighted by Gasteiger charge is -2.00. The molecule has 1 heterocycles. The molecule has 0 aromatic heterocycles. The van der Waals surface area contributed by atoms with Gasteiger partial charge >= 0.3 is 0 Å². The molecule has 0 aromatic rings. The highest BCUT2D eigenvalue weighted by Crippen LogP contribution is 1.82. The van der Waals surface area contributed by atoms with E-state index in [2.05, 4.69) is 15.6 Å². The molecular formula is C6H11N3O. The van der Waals surface area contributed by atoms with Crippen LogP contribution in [0.15, 0.2) is 4.99 Å². The van der Waals surface area contributed by atoms with Gasteiger partial charge in [-0.15, -0.1) is 0 Å². The maximum absolute atomic E-state index is 10.4. The van der Waals surface area contributed by atoms with Crippen LogP contribution >= 0.6 is 0 Å². The normalized spacial score (nSPS) is 15.9. The molecule has 1 amide bonds. The minimum atomic E-state index is -0.0172. The number of nitrogens with zero attached hydrogens (tertiary/aromatic N) is 1. The van der Waals surface area contributed by atoms with Gasteiger partial charge in [-0.2, -0.15) is 0 Å². The first-order valence-electron chi connectivity index (χ1n) is 3.30. The molecule has 0 unspecified atom stereocenters. The molecule has 0 atom stereocenters. The molecule has 1 rings (SSSR count). The van der Waals surface area contributed by atoms with Gasteiger partial charge in [0.05, 0.1) is 13.1 Å². The predicted octanol–water partition coefficient (Wildman–Crippen LogP) is -0.876. The van der Waals surface area contributed by atoms with Crippen LogP contribution in [0.4, 0.5) is 0 Å². The zero-order valence-electron chi connectivity index (χ0n) is 5.98. The van der Waals surface area contributed by atoms with Gasteiger partial charge in [0, 0.05) is 13.5 Å². The van der Waals surface area contributed by atoms with Crippen molar-refractivity contribution < 1.29 is 4.79 Å². The van der Waals surface area contributed by atoms with Crippen LogP contribution in [0.5, 0.6) is 0 Å². The first-order chi connectivity index (χ1) is 4.79. The van der Waals surface area contributed by atoms with Crippen LogP contribution in [0.3, 0.4) is 0 Å². The Morgan fingerprint density at radius 3 is 3.20 bits per heavy atom. The lowest BCUT2D eigenvalue weighted by atomic mass is 10.5. The number of aliphatic imine (C=N–C) groups is 1. The Morgan fingerprint density at radius 1 is 1.90 bits per heavy atom. The van der Waals surface area contributed by atoms with Crippen molar-refractivity contribution in [3.63, 3.8) is 0 Å². The van der Waals surface area contributed by atoms with Crippen molar-refractivity contribution in [2.45, 2.75) is 6.92 Å². The summed E-state index contributed by atoms with van der Waals surface area (Å²) in [5.74, 6) is 0.867. The molecule has 56 valence electrons. The second-order valence-corrected chi connectivity index (χ2v) is 2.16. The zero-order valence-corrected chi connectivity index (χ0v) is 5.98. The molecule has 0 aromatic carbocycles. The standard InChI is InChI=1S/C6H11N3O/c1-5(10)9-4-6-7-2-3-8-6/h2-4H2,1H3,(H,7,8)(H,9,10). The molecule has 4 heteroatoms. The van der Waals surface area contributed by atoms with E-state index in [4.69, 9.17) is 0 Å². The Bertz CT molecular complexity index is 164. The van der Waals surface area contributed by atoms with Gasteiger partial charge in [-0.1, -0.05) is 0 Å². The highest BCUT2D eigenvalue weighted by Gasteiger charge is 2.03. The zero-order chi connectivity index (χ0) is 7.40. The molecule has 4 nitrogen and oxygen atoms in total. The molecule has 10 heavy (non-hydrogen) atoms. The highest BCUT2D eigenvalue weighted by atomic mass is 16.1. The summed E-state index contributed by atoms with van der Waals surface area (Å²) in [6.07, 6.45) is 0. The van der Waals surface area contributed by atoms with Crippen molar-refractivity contribution in [3.05, 3.63) is 0 Å². The van der Waals surface area contributed by atoms with Crippen LogP contribution in [0.2, 0.25) is 0 Å². The summed E-state index contributed by atoms with van der Waals surface area (Å²) in [6.45, 7) is 3.76. The summed E-state index contributed by atoms with van der Waals surface area (Å²) in [5, 5.41) is 5.70. The summed E-state index contributed by atoms with van der Waals surface area (Å²) in [5.41, 5.74) is 0. The number of carbonyl (C=O) groups is 1. The highest BCUT2D eigenvalue weighted by molar-refractivity contribution is 5.88. The Balaban J connectivity index is 2.19. The van der Waals surface area contributed by atoms with E-state index in [1.165, 1.54) is 6.92 Å². The van der Waals surface area contributed by atoms with Crippen molar-refractivity contribution in [2.24, 2.45) is 4.99 Å². The van der Waals surface area contributed by atoms with E-state index in [1.807, 2.05) is 0 Å². The number of hydrogen-bond donors (Lipinski definition) is 2. The average molecular weight is 141 g/mol. The van der Waals surface area contributed by atoms with Gasteiger partial charge in [0.1, 0.15) is 5.84 Å². The third-order valence-corrected chi connectivity index (χ3v) is 1.25. The topological polar surface area (TPSA) is 53.5 Å². The number of rotatable bonds is 2. The van der Waals surface area contributed by atoms with Crippen LogP contribution in [-0.2, 0) is 4.79 Å². The minimum Gasteiger partial charge on any atom is -0.370 e. The lowest BCUT2D eigenvalue weighted by molar-refractivity contribution is -0.118. The van der Waals surface area contributed by atoms with E-state index in [0.717, 1.165) is 18.9 Å². The van der Waals surface area contributed by atoms with Crippen LogP contribution in [0.1, 0.15) is 6.92 Å². The second-order valence-electron chi connectivity index (χ2n) is 2.16. The molecule has 0 spiro atoms. The number of nitrogens with one attached hydrogen (secondary N) is 2. The number of carbonyl (C=O) groups excluding carboxylic acids is 1. The Morgan fingerprint density at radius 2 is 2.70 bits per heavy atom. The van der Waals surface area contributed by atoms with E-state index in [9.17, 15) is 4.79 Å². The van der Waals surface area contributed by atoms with Crippen LogP contribution < -0.4 is 10.6 Å². The largest absolute Gasteiger partial charge is 0.370 e. The Kier molecular flexibility index (Phi) is 2.25. The van der Waals surface area contributed by atoms with Crippen molar-refractivity contribution in [1.82, 2.24) is 10.6 Å². The van der Waals surface area contributed by atoms with Gasteiger partial charge in [0.25, 0.3) is 0 Å². The smallest absolute Gasteiger partial charge is 0.217 e. The molecule has 0 aliphatic carbocycles. The van der Waals surface area contributed by atoms with Crippen LogP contribution in [0, 0.1) is 0 Å². The van der Waals surface area contributed by atoms with Gasteiger partial charge in [-0.3, -0.25) is 9.79 Å². The first-order valence-corrected chi connectivity index (χ1v) is 3.30. The van der Waals surface area contributed by atoms with Crippen molar-refractivity contribution >= 4 is 11.7 Å². The third-order valence-electron chi connectivity index (χ3n) is 1.25. The maximum atomic E-state index is 10.4. The molecule has 0 fully saturated rings. The van der Waals surface area contributed by atoms with E-state index in [1.54, 1.807) is 0 Å². The van der Waals surface area contributed by atoms with Crippen molar-refractivity contribution in [2.75, 3.05) is 19.6 Å². The third kappa shape index (κ3) is 2.05. The Labute approximate surface area is 59.7 Å². The maximum Gasteiger partial charge on any atom is 0.217 e. The van der Waals surface area contributed by atoms with E-state index in [-0.39, 0.29) is 5.91 Å². The summed E-state index contributed by atoms with van der Waals surface area (Å²) in [4.78, 5) is 14.5. The fourth-order valence-electron chi connectivity index (χ4n) is 0.774. The van der Waals surface area contributed by atoms with Crippen LogP contribution in [0.25, 0.3) is 0 Å². The lowest BCUT2D eigenvalue weighted by Crippen LogP contribution is -2.33. The van der Waals surface area contributed by atoms with Crippen LogP contribution in [-0.4, -0.2) is 31.4 Å². The van der Waals surface area contributed by atoms with E-state index >= 15 is 0 Å². The first kappa shape index (κ1) is 7.05. The predicted molar refractivity (Wildman–Crippen MR) is 39.0 cm³/mol. The van der Waals surface area contributed by atoms with E-state index in [0.29, 0.717) is 6.54 Å². The molecule has 1 aliphatic rings. The van der Waals surface area contributed by atoms with Crippen molar-refractivity contribution in [1.29, 1.82) is 0 Å². The number of amides is 1. The minimum absolute atomic E-state index is 0.0172. The fraction of sp³-hybridized carbons (Fsp3) is 0.667. The molecule has 0 radical (unpaired) electrons. The monoisotopic (exact) mass is 141 g/mol. The van der Waals surface area contributed by atoms with Gasteiger partial charge in [-0.05, 0) is 0 Å². The van der Waals surface area contributed by atoms with Gasteiger partial charge in [-0.25, -0.2) is 0 Å². The molecule has 0 saturated heterocycles. The second kappa shape index (κ2) is 3.20. The molecule has 1 aliphatic heterocycles. The summed E-state index contributed by atoms with van der Waals surface area (Å²) in [7, 11) is 0. The van der Waals surface area contributed by atoms with E-state index < -0.39 is 0 Å². The van der Waals surface area contributed by atoms with Crippen molar-refractivity contribution in [3.8, 4) is 0 Å². The number of hydrogen-bond acceptors (Lipinski definition) is 3. The summed E-state index contributed by atoms with van der Waals surface area (Å²) in [6, 6.07) is 0. The Hall–Kier alpha value is -1.06. The molecule has 2 N–H and O–H groups in total. The quantitative estimate of drug-likeness (QED) is 0.525. The molecule has 0 saturated carbocycles. The fourth-order valence-corrected chi connectivity index (χ4v) is 0.774. The summed E-state index contributed by atoms with van der Waals surface area (Å²) < 4.78 is 0. The molecule has 0 bridgehead atoms. The van der Waals surface area contributed by atoms with Gasteiger partial charge in [0.15, 0.2) is 0 Å².